The summed E-state index contributed by atoms with van der Waals surface area (Å²) in [6.45, 7) is 0. The minimum atomic E-state index is -1.20. The molecule has 3 rings (SSSR count). The highest BCUT2D eigenvalue weighted by Crippen LogP contribution is 2.48. The van der Waals surface area contributed by atoms with Crippen LogP contribution >= 0.6 is 23.2 Å². The van der Waals surface area contributed by atoms with Crippen LogP contribution in [0.3, 0.4) is 0 Å². The summed E-state index contributed by atoms with van der Waals surface area (Å²) >= 11 is 11.8. The smallest absolute Gasteiger partial charge is 0.240 e. The van der Waals surface area contributed by atoms with E-state index < -0.39 is 23.0 Å². The van der Waals surface area contributed by atoms with Gasteiger partial charge in [0.1, 0.15) is 11.2 Å². The van der Waals surface area contributed by atoms with Crippen molar-refractivity contribution in [3.8, 4) is 0 Å². The number of anilines is 2. The Morgan fingerprint density at radius 3 is 2.17 bits per heavy atom. The van der Waals surface area contributed by atoms with Crippen molar-refractivity contribution in [3.63, 3.8) is 0 Å². The lowest BCUT2D eigenvalue weighted by atomic mass is 10.0. The van der Waals surface area contributed by atoms with Crippen LogP contribution in [-0.2, 0) is 9.59 Å². The van der Waals surface area contributed by atoms with Gasteiger partial charge < -0.3 is 10.6 Å². The standard InChI is InChI=1S/C17H13Cl2FN2O2/c18-10-5-6-13(11(19)9-10)21-15(23)17(7-8-17)16(24)22-14-4-2-1-3-12(14)20/h1-6,9H,7-8H2,(H,21,23)(H,22,24). The molecule has 7 heteroatoms. The third-order valence-electron chi connectivity index (χ3n) is 3.92. The van der Waals surface area contributed by atoms with Crippen molar-refractivity contribution in [2.24, 2.45) is 5.41 Å². The van der Waals surface area contributed by atoms with E-state index in [0.29, 0.717) is 23.6 Å². The highest BCUT2D eigenvalue weighted by Gasteiger charge is 2.56. The van der Waals surface area contributed by atoms with Crippen molar-refractivity contribution in [1.82, 2.24) is 0 Å². The van der Waals surface area contributed by atoms with Gasteiger partial charge in [0.2, 0.25) is 11.8 Å². The fraction of sp³-hybridized carbons (Fsp3) is 0.176. The monoisotopic (exact) mass is 366 g/mol. The topological polar surface area (TPSA) is 58.2 Å². The molecule has 0 spiro atoms. The molecule has 24 heavy (non-hydrogen) atoms. The number of carbonyl (C=O) groups is 2. The number of hydrogen-bond acceptors (Lipinski definition) is 2. The molecule has 124 valence electrons. The first-order valence-corrected chi connectivity index (χ1v) is 8.00. The maximum Gasteiger partial charge on any atom is 0.240 e. The number of hydrogen-bond donors (Lipinski definition) is 2. The summed E-state index contributed by atoms with van der Waals surface area (Å²) in [5, 5.41) is 5.83. The van der Waals surface area contributed by atoms with Crippen molar-refractivity contribution in [2.45, 2.75) is 12.8 Å². The Hall–Kier alpha value is -2.11. The molecule has 0 saturated heterocycles. The summed E-state index contributed by atoms with van der Waals surface area (Å²) in [6.07, 6.45) is 0.786. The third-order valence-corrected chi connectivity index (χ3v) is 4.47. The fourth-order valence-corrected chi connectivity index (χ4v) is 2.78. The molecule has 0 atom stereocenters. The molecule has 1 aliphatic carbocycles. The first-order valence-electron chi connectivity index (χ1n) is 7.25. The van der Waals surface area contributed by atoms with Crippen LogP contribution in [0.2, 0.25) is 10.0 Å². The highest BCUT2D eigenvalue weighted by molar-refractivity contribution is 6.37. The number of para-hydroxylation sites is 1. The van der Waals surface area contributed by atoms with Crippen LogP contribution in [0.15, 0.2) is 42.5 Å². The lowest BCUT2D eigenvalue weighted by Crippen LogP contribution is -2.35. The lowest BCUT2D eigenvalue weighted by Gasteiger charge is -2.16. The van der Waals surface area contributed by atoms with E-state index in [2.05, 4.69) is 10.6 Å². The van der Waals surface area contributed by atoms with E-state index in [1.165, 1.54) is 24.3 Å². The second kappa shape index (κ2) is 6.42. The Bertz CT molecular complexity index is 822. The zero-order chi connectivity index (χ0) is 17.3. The molecule has 2 aromatic rings. The van der Waals surface area contributed by atoms with Gasteiger partial charge in [-0.05, 0) is 43.2 Å². The van der Waals surface area contributed by atoms with Gasteiger partial charge in [-0.25, -0.2) is 4.39 Å². The molecule has 1 aliphatic rings. The first kappa shape index (κ1) is 16.7. The van der Waals surface area contributed by atoms with Crippen LogP contribution in [0.1, 0.15) is 12.8 Å². The van der Waals surface area contributed by atoms with Crippen LogP contribution in [0.25, 0.3) is 0 Å². The second-order valence-corrected chi connectivity index (χ2v) is 6.44. The molecule has 2 amide bonds. The molecule has 2 aromatic carbocycles. The zero-order valence-electron chi connectivity index (χ0n) is 12.4. The molecule has 4 nitrogen and oxygen atoms in total. The molecule has 1 fully saturated rings. The van der Waals surface area contributed by atoms with Gasteiger partial charge in [-0.1, -0.05) is 35.3 Å². The number of benzene rings is 2. The average molecular weight is 367 g/mol. The Balaban J connectivity index is 1.74. The summed E-state index contributed by atoms with van der Waals surface area (Å²) in [6, 6.07) is 10.5. The Kier molecular flexibility index (Phi) is 4.47. The van der Waals surface area contributed by atoms with E-state index in [9.17, 15) is 14.0 Å². The second-order valence-electron chi connectivity index (χ2n) is 5.59. The van der Waals surface area contributed by atoms with E-state index in [0.717, 1.165) is 0 Å². The van der Waals surface area contributed by atoms with Crippen molar-refractivity contribution < 1.29 is 14.0 Å². The van der Waals surface area contributed by atoms with Crippen molar-refractivity contribution >= 4 is 46.4 Å². The van der Waals surface area contributed by atoms with Crippen LogP contribution in [0, 0.1) is 11.2 Å². The van der Waals surface area contributed by atoms with E-state index in [1.807, 2.05) is 0 Å². The summed E-state index contributed by atoms with van der Waals surface area (Å²) in [4.78, 5) is 24.9. The Morgan fingerprint density at radius 1 is 0.958 bits per heavy atom. The fourth-order valence-electron chi connectivity index (χ4n) is 2.32. The minimum Gasteiger partial charge on any atom is -0.324 e. The van der Waals surface area contributed by atoms with E-state index in [1.54, 1.807) is 18.2 Å². The maximum atomic E-state index is 13.7. The van der Waals surface area contributed by atoms with Gasteiger partial charge in [0.25, 0.3) is 0 Å². The van der Waals surface area contributed by atoms with Crippen LogP contribution in [0.5, 0.6) is 0 Å². The summed E-state index contributed by atoms with van der Waals surface area (Å²) in [5.41, 5.74) is -0.784. The van der Waals surface area contributed by atoms with Gasteiger partial charge in [-0.2, -0.15) is 0 Å². The van der Waals surface area contributed by atoms with Gasteiger partial charge in [-0.15, -0.1) is 0 Å². The van der Waals surface area contributed by atoms with Gasteiger partial charge in [0, 0.05) is 5.02 Å². The molecular formula is C17H13Cl2FN2O2. The number of rotatable bonds is 4. The number of halogens is 3. The van der Waals surface area contributed by atoms with Crippen molar-refractivity contribution in [2.75, 3.05) is 10.6 Å². The first-order chi connectivity index (χ1) is 11.4. The van der Waals surface area contributed by atoms with Crippen LogP contribution < -0.4 is 10.6 Å². The predicted octanol–water partition coefficient (Wildman–Crippen LogP) is 4.49. The molecular weight excluding hydrogens is 354 g/mol. The molecule has 1 saturated carbocycles. The number of nitrogens with one attached hydrogen (secondary N) is 2. The van der Waals surface area contributed by atoms with Gasteiger partial charge in [-0.3, -0.25) is 9.59 Å². The summed E-state index contributed by atoms with van der Waals surface area (Å²) in [7, 11) is 0. The molecule has 0 aliphatic heterocycles. The highest BCUT2D eigenvalue weighted by atomic mass is 35.5. The molecule has 0 heterocycles. The zero-order valence-corrected chi connectivity index (χ0v) is 13.9. The van der Waals surface area contributed by atoms with E-state index >= 15 is 0 Å². The SMILES string of the molecule is O=C(Nc1ccccc1F)C1(C(=O)Nc2ccc(Cl)cc2Cl)CC1. The van der Waals surface area contributed by atoms with Crippen LogP contribution in [-0.4, -0.2) is 11.8 Å². The van der Waals surface area contributed by atoms with E-state index in [-0.39, 0.29) is 10.7 Å². The molecule has 0 radical (unpaired) electrons. The molecule has 0 unspecified atom stereocenters. The quantitative estimate of drug-likeness (QED) is 0.783. The summed E-state index contributed by atoms with van der Waals surface area (Å²) < 4.78 is 13.7. The third kappa shape index (κ3) is 3.23. The lowest BCUT2D eigenvalue weighted by molar-refractivity contribution is -0.131. The van der Waals surface area contributed by atoms with Gasteiger partial charge in [0.15, 0.2) is 0 Å². The predicted molar refractivity (Wildman–Crippen MR) is 91.8 cm³/mol. The minimum absolute atomic E-state index is 0.0473. The van der Waals surface area contributed by atoms with E-state index in [4.69, 9.17) is 23.2 Å². The Labute approximate surface area is 148 Å². The average Bonchev–Trinajstić information content (AvgIpc) is 3.34. The van der Waals surface area contributed by atoms with Crippen molar-refractivity contribution in [1.29, 1.82) is 0 Å². The molecule has 0 bridgehead atoms. The molecule has 2 N–H and O–H groups in total. The Morgan fingerprint density at radius 2 is 1.58 bits per heavy atom. The van der Waals surface area contributed by atoms with Gasteiger partial charge >= 0.3 is 0 Å². The normalized spacial score (nSPS) is 14.8. The van der Waals surface area contributed by atoms with Crippen LogP contribution in [0.4, 0.5) is 15.8 Å². The van der Waals surface area contributed by atoms with Crippen molar-refractivity contribution in [3.05, 3.63) is 58.3 Å². The van der Waals surface area contributed by atoms with Gasteiger partial charge in [0.05, 0.1) is 16.4 Å². The summed E-state index contributed by atoms with van der Waals surface area (Å²) in [5.74, 6) is -1.56. The maximum absolute atomic E-state index is 13.7. The number of amides is 2. The largest absolute Gasteiger partial charge is 0.324 e. The molecule has 0 aromatic heterocycles. The number of carbonyl (C=O) groups excluding carboxylic acids is 2.